The zero-order valence-corrected chi connectivity index (χ0v) is 12.8. The number of ether oxygens (including phenoxy) is 1. The van der Waals surface area contributed by atoms with Crippen molar-refractivity contribution in [1.82, 2.24) is 15.1 Å². The van der Waals surface area contributed by atoms with Crippen LogP contribution in [0.15, 0.2) is 30.3 Å². The van der Waals surface area contributed by atoms with Crippen molar-refractivity contribution >= 4 is 5.91 Å². The van der Waals surface area contributed by atoms with Crippen molar-refractivity contribution in [2.75, 3.05) is 26.8 Å². The number of carbonyl (C=O) groups excluding carboxylic acids is 1. The van der Waals surface area contributed by atoms with E-state index in [1.807, 2.05) is 6.92 Å². The van der Waals surface area contributed by atoms with E-state index in [0.717, 1.165) is 12.0 Å². The number of H-pyrrole nitrogens is 1. The number of aromatic amines is 1. The molecular formula is C16H20FN3O2. The van der Waals surface area contributed by atoms with Gasteiger partial charge in [-0.05, 0) is 36.8 Å². The number of methoxy groups -OCH3 is 1. The van der Waals surface area contributed by atoms with Crippen LogP contribution in [0.3, 0.4) is 0 Å². The van der Waals surface area contributed by atoms with E-state index in [4.69, 9.17) is 4.74 Å². The SMILES string of the molecule is CCCN(CCOC)C(=O)c1cc(-c2ccc(F)cc2)n[nH]1. The van der Waals surface area contributed by atoms with Gasteiger partial charge in [-0.3, -0.25) is 9.89 Å². The molecule has 0 saturated heterocycles. The lowest BCUT2D eigenvalue weighted by Crippen LogP contribution is -2.34. The van der Waals surface area contributed by atoms with E-state index in [0.29, 0.717) is 31.1 Å². The van der Waals surface area contributed by atoms with Crippen molar-refractivity contribution in [2.45, 2.75) is 13.3 Å². The molecule has 1 N–H and O–H groups in total. The van der Waals surface area contributed by atoms with E-state index in [-0.39, 0.29) is 11.7 Å². The second-order valence-corrected chi connectivity index (χ2v) is 4.96. The third-order valence-electron chi connectivity index (χ3n) is 3.29. The van der Waals surface area contributed by atoms with E-state index in [2.05, 4.69) is 10.2 Å². The third kappa shape index (κ3) is 3.92. The molecule has 6 heteroatoms. The van der Waals surface area contributed by atoms with Gasteiger partial charge in [-0.15, -0.1) is 0 Å². The van der Waals surface area contributed by atoms with E-state index >= 15 is 0 Å². The zero-order chi connectivity index (χ0) is 15.9. The van der Waals surface area contributed by atoms with E-state index in [1.54, 1.807) is 30.2 Å². The first-order valence-corrected chi connectivity index (χ1v) is 7.25. The highest BCUT2D eigenvalue weighted by atomic mass is 19.1. The van der Waals surface area contributed by atoms with E-state index < -0.39 is 0 Å². The van der Waals surface area contributed by atoms with Crippen molar-refractivity contribution in [3.8, 4) is 11.3 Å². The molecule has 1 amide bonds. The summed E-state index contributed by atoms with van der Waals surface area (Å²) in [7, 11) is 1.61. The minimum Gasteiger partial charge on any atom is -0.383 e. The lowest BCUT2D eigenvalue weighted by atomic mass is 10.1. The lowest BCUT2D eigenvalue weighted by Gasteiger charge is -2.20. The molecule has 0 atom stereocenters. The van der Waals surface area contributed by atoms with Gasteiger partial charge in [-0.25, -0.2) is 4.39 Å². The summed E-state index contributed by atoms with van der Waals surface area (Å²) in [5.41, 5.74) is 1.80. The molecule has 0 spiro atoms. The summed E-state index contributed by atoms with van der Waals surface area (Å²) in [6.45, 7) is 3.70. The smallest absolute Gasteiger partial charge is 0.271 e. The van der Waals surface area contributed by atoms with Crippen LogP contribution in [0.25, 0.3) is 11.3 Å². The number of benzene rings is 1. The van der Waals surface area contributed by atoms with Gasteiger partial charge in [0, 0.05) is 25.8 Å². The Balaban J connectivity index is 2.14. The van der Waals surface area contributed by atoms with Crippen LogP contribution < -0.4 is 0 Å². The zero-order valence-electron chi connectivity index (χ0n) is 12.8. The molecule has 0 saturated carbocycles. The number of nitrogens with one attached hydrogen (secondary N) is 1. The van der Waals surface area contributed by atoms with Gasteiger partial charge in [-0.2, -0.15) is 5.10 Å². The molecule has 0 fully saturated rings. The van der Waals surface area contributed by atoms with Crippen LogP contribution in [-0.4, -0.2) is 47.8 Å². The number of carbonyl (C=O) groups is 1. The number of amides is 1. The topological polar surface area (TPSA) is 58.2 Å². The van der Waals surface area contributed by atoms with E-state index in [9.17, 15) is 9.18 Å². The fourth-order valence-electron chi connectivity index (χ4n) is 2.16. The standard InChI is InChI=1S/C16H20FN3O2/c1-3-8-20(9-10-22-2)16(21)15-11-14(18-19-15)12-4-6-13(17)7-5-12/h4-7,11H,3,8-10H2,1-2H3,(H,18,19). The Morgan fingerprint density at radius 1 is 1.32 bits per heavy atom. The first-order chi connectivity index (χ1) is 10.7. The van der Waals surface area contributed by atoms with Crippen LogP contribution in [0.1, 0.15) is 23.8 Å². The molecule has 0 radical (unpaired) electrons. The molecule has 1 aromatic carbocycles. The molecular weight excluding hydrogens is 285 g/mol. The molecule has 0 bridgehead atoms. The summed E-state index contributed by atoms with van der Waals surface area (Å²) in [4.78, 5) is 14.2. The van der Waals surface area contributed by atoms with Crippen LogP contribution in [-0.2, 0) is 4.74 Å². The van der Waals surface area contributed by atoms with Gasteiger partial charge in [0.05, 0.1) is 12.3 Å². The molecule has 2 aromatic rings. The first-order valence-electron chi connectivity index (χ1n) is 7.25. The summed E-state index contributed by atoms with van der Waals surface area (Å²) in [5, 5.41) is 6.89. The number of nitrogens with zero attached hydrogens (tertiary/aromatic N) is 2. The number of hydrogen-bond donors (Lipinski definition) is 1. The summed E-state index contributed by atoms with van der Waals surface area (Å²) in [6, 6.07) is 7.69. The Morgan fingerprint density at radius 2 is 2.05 bits per heavy atom. The number of rotatable bonds is 7. The molecule has 0 unspecified atom stereocenters. The van der Waals surface area contributed by atoms with Crippen molar-refractivity contribution in [3.63, 3.8) is 0 Å². The molecule has 118 valence electrons. The molecule has 2 rings (SSSR count). The molecule has 22 heavy (non-hydrogen) atoms. The average molecular weight is 305 g/mol. The Hall–Kier alpha value is -2.21. The summed E-state index contributed by atoms with van der Waals surface area (Å²) >= 11 is 0. The Morgan fingerprint density at radius 3 is 2.68 bits per heavy atom. The minimum absolute atomic E-state index is 0.111. The number of hydrogen-bond acceptors (Lipinski definition) is 3. The predicted octanol–water partition coefficient (Wildman–Crippen LogP) is 2.71. The first kappa shape index (κ1) is 16.2. The van der Waals surface area contributed by atoms with Gasteiger partial charge in [0.15, 0.2) is 0 Å². The maximum atomic E-state index is 12.9. The molecule has 0 aliphatic carbocycles. The van der Waals surface area contributed by atoms with Gasteiger partial charge in [-0.1, -0.05) is 6.92 Å². The fraction of sp³-hybridized carbons (Fsp3) is 0.375. The largest absolute Gasteiger partial charge is 0.383 e. The Kier molecular flexibility index (Phi) is 5.66. The summed E-state index contributed by atoms with van der Waals surface area (Å²) in [5.74, 6) is -0.413. The summed E-state index contributed by atoms with van der Waals surface area (Å²) < 4.78 is 18.0. The second-order valence-electron chi connectivity index (χ2n) is 4.96. The highest BCUT2D eigenvalue weighted by Crippen LogP contribution is 2.18. The van der Waals surface area contributed by atoms with Crippen LogP contribution in [0.4, 0.5) is 4.39 Å². The van der Waals surface area contributed by atoms with Crippen molar-refractivity contribution in [1.29, 1.82) is 0 Å². The van der Waals surface area contributed by atoms with Gasteiger partial charge in [0.25, 0.3) is 5.91 Å². The van der Waals surface area contributed by atoms with Gasteiger partial charge in [0.1, 0.15) is 11.5 Å². The number of aromatic nitrogens is 2. The summed E-state index contributed by atoms with van der Waals surface area (Å²) in [6.07, 6.45) is 0.869. The number of halogens is 1. The van der Waals surface area contributed by atoms with Crippen LogP contribution >= 0.6 is 0 Å². The van der Waals surface area contributed by atoms with Crippen molar-refractivity contribution in [3.05, 3.63) is 41.8 Å². The molecule has 0 aliphatic heterocycles. The maximum absolute atomic E-state index is 12.9. The van der Waals surface area contributed by atoms with Crippen molar-refractivity contribution in [2.24, 2.45) is 0 Å². The van der Waals surface area contributed by atoms with Crippen molar-refractivity contribution < 1.29 is 13.9 Å². The molecule has 5 nitrogen and oxygen atoms in total. The Bertz CT molecular complexity index is 610. The van der Waals surface area contributed by atoms with Gasteiger partial charge >= 0.3 is 0 Å². The lowest BCUT2D eigenvalue weighted by molar-refractivity contribution is 0.0690. The van der Waals surface area contributed by atoms with Crippen LogP contribution in [0, 0.1) is 5.82 Å². The molecule has 0 aliphatic rings. The predicted molar refractivity (Wildman–Crippen MR) is 82.1 cm³/mol. The van der Waals surface area contributed by atoms with Crippen LogP contribution in [0.5, 0.6) is 0 Å². The Labute approximate surface area is 129 Å². The average Bonchev–Trinajstić information content (AvgIpc) is 3.01. The second kappa shape index (κ2) is 7.70. The highest BCUT2D eigenvalue weighted by Gasteiger charge is 2.17. The fourth-order valence-corrected chi connectivity index (χ4v) is 2.16. The van der Waals surface area contributed by atoms with Gasteiger partial charge < -0.3 is 9.64 Å². The normalized spacial score (nSPS) is 10.7. The quantitative estimate of drug-likeness (QED) is 0.855. The van der Waals surface area contributed by atoms with Gasteiger partial charge in [0.2, 0.25) is 0 Å². The van der Waals surface area contributed by atoms with E-state index in [1.165, 1.54) is 12.1 Å². The highest BCUT2D eigenvalue weighted by molar-refractivity contribution is 5.93. The molecule has 1 aromatic heterocycles. The van der Waals surface area contributed by atoms with Crippen LogP contribution in [0.2, 0.25) is 0 Å². The monoisotopic (exact) mass is 305 g/mol. The molecule has 1 heterocycles. The third-order valence-corrected chi connectivity index (χ3v) is 3.29. The minimum atomic E-state index is -0.302. The maximum Gasteiger partial charge on any atom is 0.271 e.